The second kappa shape index (κ2) is 6.07. The lowest BCUT2D eigenvalue weighted by Crippen LogP contribution is -2.57. The number of allylic oxidation sites excluding steroid dienone is 1. The highest BCUT2D eigenvalue weighted by Crippen LogP contribution is 2.66. The number of carbonyl (C=O) groups excluding carboxylic acids is 1. The minimum atomic E-state index is -0.347. The molecule has 2 N–H and O–H groups in total. The van der Waals surface area contributed by atoms with E-state index in [0.717, 1.165) is 44.9 Å². The van der Waals surface area contributed by atoms with E-state index in [1.807, 2.05) is 14.1 Å². The van der Waals surface area contributed by atoms with Gasteiger partial charge in [0.2, 0.25) is 5.91 Å². The highest BCUT2D eigenvalue weighted by molar-refractivity contribution is 5.79. The fourth-order valence-electron chi connectivity index (χ4n) is 7.49. The molecule has 4 rings (SSSR count). The van der Waals surface area contributed by atoms with E-state index in [2.05, 4.69) is 19.9 Å². The number of hydrogen-bond acceptors (Lipinski definition) is 3. The van der Waals surface area contributed by atoms with Crippen molar-refractivity contribution in [2.24, 2.45) is 34.5 Å². The molecule has 26 heavy (non-hydrogen) atoms. The van der Waals surface area contributed by atoms with E-state index in [9.17, 15) is 15.0 Å². The maximum atomic E-state index is 12.8. The number of hydrogen-bond donors (Lipinski definition) is 2. The molecule has 8 atom stereocenters. The predicted octanol–water partition coefficient (Wildman–Crippen LogP) is 2.99. The van der Waals surface area contributed by atoms with Crippen LogP contribution in [0.3, 0.4) is 0 Å². The van der Waals surface area contributed by atoms with Gasteiger partial charge in [0, 0.05) is 20.0 Å². The van der Waals surface area contributed by atoms with Crippen LogP contribution >= 0.6 is 0 Å². The molecule has 3 saturated carbocycles. The maximum Gasteiger partial charge on any atom is 0.225 e. The van der Waals surface area contributed by atoms with Crippen molar-refractivity contribution in [3.05, 3.63) is 11.6 Å². The third-order valence-electron chi connectivity index (χ3n) is 8.75. The first-order chi connectivity index (χ1) is 12.2. The molecule has 3 fully saturated rings. The Labute approximate surface area is 157 Å². The van der Waals surface area contributed by atoms with E-state index in [-0.39, 0.29) is 40.8 Å². The molecule has 4 nitrogen and oxygen atoms in total. The number of aliphatic hydroxyl groups excluding tert-OH is 2. The topological polar surface area (TPSA) is 60.8 Å². The minimum absolute atomic E-state index is 0.0204. The van der Waals surface area contributed by atoms with Gasteiger partial charge in [0.1, 0.15) is 0 Å². The molecule has 0 aromatic heterocycles. The van der Waals surface area contributed by atoms with Gasteiger partial charge in [-0.1, -0.05) is 25.5 Å². The molecule has 0 bridgehead atoms. The summed E-state index contributed by atoms with van der Waals surface area (Å²) in [5.74, 6) is 1.55. The van der Waals surface area contributed by atoms with Crippen molar-refractivity contribution in [1.82, 2.24) is 4.90 Å². The highest BCUT2D eigenvalue weighted by Gasteiger charge is 2.62. The van der Waals surface area contributed by atoms with Crippen LogP contribution in [0.5, 0.6) is 0 Å². The van der Waals surface area contributed by atoms with E-state index < -0.39 is 0 Å². The van der Waals surface area contributed by atoms with E-state index in [1.165, 1.54) is 5.57 Å². The smallest absolute Gasteiger partial charge is 0.225 e. The Balaban J connectivity index is 1.68. The first kappa shape index (κ1) is 18.5. The van der Waals surface area contributed by atoms with Gasteiger partial charge in [0.25, 0.3) is 0 Å². The van der Waals surface area contributed by atoms with Gasteiger partial charge in [-0.05, 0) is 73.5 Å². The van der Waals surface area contributed by atoms with Crippen molar-refractivity contribution >= 4 is 5.91 Å². The first-order valence-electron chi connectivity index (χ1n) is 10.5. The van der Waals surface area contributed by atoms with Crippen molar-refractivity contribution in [2.45, 2.75) is 71.0 Å². The monoisotopic (exact) mass is 361 g/mol. The van der Waals surface area contributed by atoms with Crippen molar-refractivity contribution in [2.75, 3.05) is 14.1 Å². The van der Waals surface area contributed by atoms with E-state index in [0.29, 0.717) is 11.8 Å². The van der Waals surface area contributed by atoms with E-state index in [4.69, 9.17) is 0 Å². The molecule has 0 spiro atoms. The van der Waals surface area contributed by atoms with Crippen LogP contribution in [-0.2, 0) is 4.79 Å². The molecular weight excluding hydrogens is 326 g/mol. The summed E-state index contributed by atoms with van der Waals surface area (Å²) in [6.07, 6.45) is 8.22. The fourth-order valence-corrected chi connectivity index (χ4v) is 7.49. The average molecular weight is 362 g/mol. The number of fused-ring (bicyclic) bond motifs is 5. The van der Waals surface area contributed by atoms with Gasteiger partial charge in [0.15, 0.2) is 0 Å². The number of nitrogens with zero attached hydrogens (tertiary/aromatic N) is 1. The predicted molar refractivity (Wildman–Crippen MR) is 101 cm³/mol. The summed E-state index contributed by atoms with van der Waals surface area (Å²) in [7, 11) is 3.70. The Kier molecular flexibility index (Phi) is 4.31. The van der Waals surface area contributed by atoms with Gasteiger partial charge >= 0.3 is 0 Å². The maximum absolute atomic E-state index is 12.8. The van der Waals surface area contributed by atoms with Crippen LogP contribution in [0.2, 0.25) is 0 Å². The quantitative estimate of drug-likeness (QED) is 0.706. The largest absolute Gasteiger partial charge is 0.393 e. The van der Waals surface area contributed by atoms with Crippen molar-refractivity contribution in [1.29, 1.82) is 0 Å². The molecule has 0 aliphatic heterocycles. The Morgan fingerprint density at radius 1 is 1.19 bits per heavy atom. The number of rotatable bonds is 1. The van der Waals surface area contributed by atoms with Crippen LogP contribution in [0.1, 0.15) is 58.8 Å². The molecule has 4 aliphatic carbocycles. The molecule has 1 amide bonds. The van der Waals surface area contributed by atoms with Crippen LogP contribution in [0, 0.1) is 34.5 Å². The molecule has 4 aliphatic rings. The van der Waals surface area contributed by atoms with Crippen molar-refractivity contribution < 1.29 is 15.0 Å². The zero-order valence-electron chi connectivity index (χ0n) is 16.7. The minimum Gasteiger partial charge on any atom is -0.393 e. The summed E-state index contributed by atoms with van der Waals surface area (Å²) < 4.78 is 0. The third kappa shape index (κ3) is 2.44. The summed E-state index contributed by atoms with van der Waals surface area (Å²) in [5, 5.41) is 21.4. The molecule has 0 aromatic carbocycles. The number of amides is 1. The Bertz CT molecular complexity index is 629. The average Bonchev–Trinajstić information content (AvgIpc) is 2.90. The molecule has 146 valence electrons. The molecule has 0 radical (unpaired) electrons. The molecule has 4 heteroatoms. The van der Waals surface area contributed by atoms with Gasteiger partial charge in [-0.2, -0.15) is 0 Å². The standard InChI is InChI=1S/C22H35NO3/c1-21-10-9-14(24)11-13(21)5-6-15-16-7-8-17(20(26)23(3)4)22(16,2)12-18(25)19(15)21/h5,14-19,24-25H,6-12H2,1-4H3/t14-,15-,16-,17+,18-,19+,21-,22-/m0/s1. The van der Waals surface area contributed by atoms with Crippen LogP contribution in [0.15, 0.2) is 11.6 Å². The lowest BCUT2D eigenvalue weighted by molar-refractivity contribution is -0.149. The lowest BCUT2D eigenvalue weighted by Gasteiger charge is -2.59. The third-order valence-corrected chi connectivity index (χ3v) is 8.75. The fraction of sp³-hybridized carbons (Fsp3) is 0.864. The zero-order chi connectivity index (χ0) is 18.9. The molecular formula is C22H35NO3. The number of carbonyl (C=O) groups is 1. The zero-order valence-corrected chi connectivity index (χ0v) is 16.7. The van der Waals surface area contributed by atoms with Crippen molar-refractivity contribution in [3.8, 4) is 0 Å². The molecule has 0 heterocycles. The van der Waals surface area contributed by atoms with Gasteiger partial charge in [0.05, 0.1) is 12.2 Å². The summed E-state index contributed by atoms with van der Waals surface area (Å²) in [4.78, 5) is 14.5. The Hall–Kier alpha value is -0.870. The second-order valence-electron chi connectivity index (χ2n) is 10.2. The van der Waals surface area contributed by atoms with Crippen LogP contribution < -0.4 is 0 Å². The van der Waals surface area contributed by atoms with E-state index >= 15 is 0 Å². The lowest BCUT2D eigenvalue weighted by atomic mass is 9.46. The summed E-state index contributed by atoms with van der Waals surface area (Å²) in [5.41, 5.74) is 1.31. The SMILES string of the molecule is CN(C)C(=O)[C@H]1CC[C@H]2[C@@H]3CC=C4C[C@@H](O)CC[C@]4(C)[C@H]3[C@@H](O)C[C@]12C. The van der Waals surface area contributed by atoms with Gasteiger partial charge in [-0.15, -0.1) is 0 Å². The first-order valence-corrected chi connectivity index (χ1v) is 10.5. The van der Waals surface area contributed by atoms with Gasteiger partial charge < -0.3 is 15.1 Å². The molecule has 0 unspecified atom stereocenters. The number of aliphatic hydroxyl groups is 2. The highest BCUT2D eigenvalue weighted by atomic mass is 16.3. The second-order valence-corrected chi connectivity index (χ2v) is 10.2. The summed E-state index contributed by atoms with van der Waals surface area (Å²) in [6, 6.07) is 0. The Morgan fingerprint density at radius 3 is 2.62 bits per heavy atom. The van der Waals surface area contributed by atoms with E-state index in [1.54, 1.807) is 4.90 Å². The normalized spacial score (nSPS) is 50.3. The van der Waals surface area contributed by atoms with Crippen LogP contribution in [-0.4, -0.2) is 47.3 Å². The Morgan fingerprint density at radius 2 is 1.92 bits per heavy atom. The van der Waals surface area contributed by atoms with Crippen LogP contribution in [0.4, 0.5) is 0 Å². The van der Waals surface area contributed by atoms with Gasteiger partial charge in [-0.3, -0.25) is 4.79 Å². The summed E-state index contributed by atoms with van der Waals surface area (Å²) in [6.45, 7) is 4.59. The summed E-state index contributed by atoms with van der Waals surface area (Å²) >= 11 is 0. The van der Waals surface area contributed by atoms with Crippen LogP contribution in [0.25, 0.3) is 0 Å². The van der Waals surface area contributed by atoms with Crippen molar-refractivity contribution in [3.63, 3.8) is 0 Å². The van der Waals surface area contributed by atoms with Gasteiger partial charge in [-0.25, -0.2) is 0 Å². The molecule has 0 saturated heterocycles. The molecule has 0 aromatic rings.